The van der Waals surface area contributed by atoms with E-state index < -0.39 is 17.5 Å². The quantitative estimate of drug-likeness (QED) is 0.905. The standard InChI is InChI=1S/C14H14F2N2O2/c1-8-3-4-10(20-8)7-18-14(19)9-5-11(15)13(17-2)12(16)6-9/h3-6,17H,7H2,1-2H3,(H,18,19). The van der Waals surface area contributed by atoms with E-state index in [4.69, 9.17) is 4.42 Å². The van der Waals surface area contributed by atoms with E-state index in [1.54, 1.807) is 19.1 Å². The summed E-state index contributed by atoms with van der Waals surface area (Å²) in [6.45, 7) is 1.94. The van der Waals surface area contributed by atoms with Crippen molar-refractivity contribution in [2.45, 2.75) is 13.5 Å². The van der Waals surface area contributed by atoms with Gasteiger partial charge in [0.15, 0.2) is 0 Å². The number of furan rings is 1. The van der Waals surface area contributed by atoms with E-state index in [1.807, 2.05) is 0 Å². The second-order valence-electron chi connectivity index (χ2n) is 4.26. The number of carbonyl (C=O) groups excluding carboxylic acids is 1. The van der Waals surface area contributed by atoms with Gasteiger partial charge >= 0.3 is 0 Å². The molecule has 0 fully saturated rings. The average molecular weight is 280 g/mol. The van der Waals surface area contributed by atoms with Crippen molar-refractivity contribution in [3.05, 3.63) is 53.0 Å². The van der Waals surface area contributed by atoms with Crippen molar-refractivity contribution in [2.75, 3.05) is 12.4 Å². The molecule has 0 atom stereocenters. The van der Waals surface area contributed by atoms with Crippen molar-refractivity contribution >= 4 is 11.6 Å². The van der Waals surface area contributed by atoms with Crippen LogP contribution in [0.2, 0.25) is 0 Å². The molecule has 0 unspecified atom stereocenters. The second kappa shape index (κ2) is 5.73. The number of halogens is 2. The van der Waals surface area contributed by atoms with Gasteiger partial charge in [0.2, 0.25) is 0 Å². The van der Waals surface area contributed by atoms with Gasteiger partial charge < -0.3 is 15.1 Å². The van der Waals surface area contributed by atoms with E-state index in [9.17, 15) is 13.6 Å². The van der Waals surface area contributed by atoms with E-state index in [2.05, 4.69) is 10.6 Å². The number of carbonyl (C=O) groups is 1. The minimum atomic E-state index is -0.813. The predicted octanol–water partition coefficient (Wildman–Crippen LogP) is 2.84. The molecule has 4 nitrogen and oxygen atoms in total. The summed E-state index contributed by atoms with van der Waals surface area (Å²) in [5, 5.41) is 4.93. The largest absolute Gasteiger partial charge is 0.465 e. The van der Waals surface area contributed by atoms with Crippen LogP contribution in [0.5, 0.6) is 0 Å². The molecule has 0 aliphatic heterocycles. The van der Waals surface area contributed by atoms with Crippen LogP contribution in [0.1, 0.15) is 21.9 Å². The summed E-state index contributed by atoms with van der Waals surface area (Å²) >= 11 is 0. The van der Waals surface area contributed by atoms with Gasteiger partial charge in [-0.3, -0.25) is 4.79 Å². The molecule has 1 amide bonds. The maximum atomic E-state index is 13.5. The van der Waals surface area contributed by atoms with Gasteiger partial charge in [-0.25, -0.2) is 8.78 Å². The number of rotatable bonds is 4. The average Bonchev–Trinajstić information content (AvgIpc) is 2.81. The molecule has 1 aromatic carbocycles. The molecule has 2 aromatic rings. The summed E-state index contributed by atoms with van der Waals surface area (Å²) in [5.41, 5.74) is -0.342. The Morgan fingerprint density at radius 3 is 2.40 bits per heavy atom. The molecule has 0 radical (unpaired) electrons. The maximum Gasteiger partial charge on any atom is 0.251 e. The first-order valence-corrected chi connectivity index (χ1v) is 6.01. The minimum Gasteiger partial charge on any atom is -0.465 e. The Kier molecular flexibility index (Phi) is 4.02. The Balaban J connectivity index is 2.09. The van der Waals surface area contributed by atoms with Gasteiger partial charge in [-0.2, -0.15) is 0 Å². The molecule has 1 aromatic heterocycles. The van der Waals surface area contributed by atoms with E-state index in [0.29, 0.717) is 5.76 Å². The van der Waals surface area contributed by atoms with Gasteiger partial charge in [0.1, 0.15) is 28.8 Å². The summed E-state index contributed by atoms with van der Waals surface area (Å²) in [6.07, 6.45) is 0. The van der Waals surface area contributed by atoms with Gasteiger partial charge in [0, 0.05) is 12.6 Å². The van der Waals surface area contributed by atoms with Gasteiger partial charge in [0.25, 0.3) is 5.91 Å². The molecule has 0 saturated carbocycles. The van der Waals surface area contributed by atoms with E-state index in [-0.39, 0.29) is 17.8 Å². The highest BCUT2D eigenvalue weighted by atomic mass is 19.1. The summed E-state index contributed by atoms with van der Waals surface area (Å²) in [4.78, 5) is 11.8. The van der Waals surface area contributed by atoms with Crippen LogP contribution in [0.4, 0.5) is 14.5 Å². The first-order valence-electron chi connectivity index (χ1n) is 6.01. The van der Waals surface area contributed by atoms with Crippen LogP contribution in [0.25, 0.3) is 0 Å². The Hall–Kier alpha value is -2.37. The van der Waals surface area contributed by atoms with Crippen LogP contribution in [-0.4, -0.2) is 13.0 Å². The minimum absolute atomic E-state index is 0.0812. The van der Waals surface area contributed by atoms with E-state index in [0.717, 1.165) is 17.9 Å². The molecule has 1 heterocycles. The zero-order chi connectivity index (χ0) is 14.7. The van der Waals surface area contributed by atoms with Crippen LogP contribution < -0.4 is 10.6 Å². The lowest BCUT2D eigenvalue weighted by molar-refractivity contribution is 0.0947. The van der Waals surface area contributed by atoms with E-state index >= 15 is 0 Å². The van der Waals surface area contributed by atoms with Gasteiger partial charge in [0.05, 0.1) is 6.54 Å². The number of benzene rings is 1. The summed E-state index contributed by atoms with van der Waals surface area (Å²) < 4.78 is 32.4. The second-order valence-corrected chi connectivity index (χ2v) is 4.26. The van der Waals surface area contributed by atoms with Crippen LogP contribution in [-0.2, 0) is 6.54 Å². The number of anilines is 1. The maximum absolute atomic E-state index is 13.5. The molecule has 2 rings (SSSR count). The first-order chi connectivity index (χ1) is 9.51. The molecule has 0 spiro atoms. The number of nitrogens with one attached hydrogen (secondary N) is 2. The molecule has 2 N–H and O–H groups in total. The molecule has 0 aliphatic carbocycles. The fourth-order valence-corrected chi connectivity index (χ4v) is 1.79. The molecule has 20 heavy (non-hydrogen) atoms. The fourth-order valence-electron chi connectivity index (χ4n) is 1.79. The summed E-state index contributed by atoms with van der Waals surface area (Å²) in [5.74, 6) is -0.897. The lowest BCUT2D eigenvalue weighted by Gasteiger charge is -2.08. The normalized spacial score (nSPS) is 10.4. The lowest BCUT2D eigenvalue weighted by atomic mass is 10.1. The molecule has 0 bridgehead atoms. The highest BCUT2D eigenvalue weighted by Gasteiger charge is 2.14. The Morgan fingerprint density at radius 1 is 1.25 bits per heavy atom. The van der Waals surface area contributed by atoms with Crippen LogP contribution >= 0.6 is 0 Å². The van der Waals surface area contributed by atoms with Crippen molar-refractivity contribution in [1.82, 2.24) is 5.32 Å². The van der Waals surface area contributed by atoms with Gasteiger partial charge in [-0.05, 0) is 31.2 Å². The molecule has 0 aliphatic rings. The smallest absolute Gasteiger partial charge is 0.251 e. The van der Waals surface area contributed by atoms with Crippen LogP contribution in [0, 0.1) is 18.6 Å². The highest BCUT2D eigenvalue weighted by molar-refractivity contribution is 5.94. The number of aryl methyl sites for hydroxylation is 1. The van der Waals surface area contributed by atoms with E-state index in [1.165, 1.54) is 7.05 Å². The van der Waals surface area contributed by atoms with Crippen molar-refractivity contribution in [3.63, 3.8) is 0 Å². The van der Waals surface area contributed by atoms with Crippen molar-refractivity contribution in [2.24, 2.45) is 0 Å². The number of hydrogen-bond acceptors (Lipinski definition) is 3. The van der Waals surface area contributed by atoms with Gasteiger partial charge in [-0.1, -0.05) is 0 Å². The number of amides is 1. The Bertz CT molecular complexity index is 615. The lowest BCUT2D eigenvalue weighted by Crippen LogP contribution is -2.23. The third-order valence-electron chi connectivity index (χ3n) is 2.77. The topological polar surface area (TPSA) is 54.3 Å². The Labute approximate surface area is 114 Å². The molecular weight excluding hydrogens is 266 g/mol. The van der Waals surface area contributed by atoms with Crippen molar-refractivity contribution in [1.29, 1.82) is 0 Å². The first kappa shape index (κ1) is 14.0. The SMILES string of the molecule is CNc1c(F)cc(C(=O)NCc2ccc(C)o2)cc1F. The fraction of sp³-hybridized carbons (Fsp3) is 0.214. The monoisotopic (exact) mass is 280 g/mol. The summed E-state index contributed by atoms with van der Waals surface area (Å²) in [6, 6.07) is 5.46. The van der Waals surface area contributed by atoms with Crippen LogP contribution in [0.3, 0.4) is 0 Å². The van der Waals surface area contributed by atoms with Crippen molar-refractivity contribution in [3.8, 4) is 0 Å². The highest BCUT2D eigenvalue weighted by Crippen LogP contribution is 2.20. The molecule has 106 valence electrons. The van der Waals surface area contributed by atoms with Gasteiger partial charge in [-0.15, -0.1) is 0 Å². The predicted molar refractivity (Wildman–Crippen MR) is 70.5 cm³/mol. The molecule has 0 saturated heterocycles. The zero-order valence-corrected chi connectivity index (χ0v) is 11.1. The Morgan fingerprint density at radius 2 is 1.90 bits per heavy atom. The zero-order valence-electron chi connectivity index (χ0n) is 11.1. The molecular formula is C14H14F2N2O2. The molecule has 6 heteroatoms. The van der Waals surface area contributed by atoms with Crippen LogP contribution in [0.15, 0.2) is 28.7 Å². The third-order valence-corrected chi connectivity index (χ3v) is 2.77. The third kappa shape index (κ3) is 2.96. The summed E-state index contributed by atoms with van der Waals surface area (Å²) in [7, 11) is 1.40. The van der Waals surface area contributed by atoms with Crippen molar-refractivity contribution < 1.29 is 18.0 Å². The number of hydrogen-bond donors (Lipinski definition) is 2.